The summed E-state index contributed by atoms with van der Waals surface area (Å²) in [5, 5.41) is 15.6. The van der Waals surface area contributed by atoms with Crippen LogP contribution in [0.15, 0.2) is 40.8 Å². The van der Waals surface area contributed by atoms with Crippen molar-refractivity contribution < 1.29 is 19.1 Å². The molecule has 0 aliphatic heterocycles. The summed E-state index contributed by atoms with van der Waals surface area (Å²) in [5.41, 5.74) is 1.48. The Bertz CT molecular complexity index is 977. The van der Waals surface area contributed by atoms with Gasteiger partial charge in [0.15, 0.2) is 10.9 Å². The molecule has 0 fully saturated rings. The number of nitrogens with one attached hydrogen (secondary N) is 2. The number of anilines is 1. The molecule has 0 saturated heterocycles. The third-order valence-corrected chi connectivity index (χ3v) is 4.89. The normalized spacial score (nSPS) is 10.6. The van der Waals surface area contributed by atoms with Crippen LogP contribution >= 0.6 is 11.3 Å². The van der Waals surface area contributed by atoms with E-state index in [-0.39, 0.29) is 23.3 Å². The Morgan fingerprint density at radius 1 is 1.22 bits per heavy atom. The number of aromatic hydroxyl groups is 1. The minimum atomic E-state index is -0.332. The van der Waals surface area contributed by atoms with E-state index in [1.807, 2.05) is 19.1 Å². The number of aryl methyl sites for hydroxylation is 1. The van der Waals surface area contributed by atoms with Gasteiger partial charge in [-0.1, -0.05) is 29.5 Å². The molecule has 0 spiro atoms. The van der Waals surface area contributed by atoms with Gasteiger partial charge in [0.2, 0.25) is 5.91 Å². The molecule has 0 atom stereocenters. The van der Waals surface area contributed by atoms with Crippen molar-refractivity contribution in [3.8, 4) is 16.4 Å². The molecular formula is C19H19N3O4S. The molecule has 0 aliphatic carbocycles. The molecule has 2 aromatic heterocycles. The number of phenolic OH excluding ortho intramolecular Hbond substituents is 1. The molecule has 3 rings (SSSR count). The minimum absolute atomic E-state index is 0.191. The maximum atomic E-state index is 12.3. The summed E-state index contributed by atoms with van der Waals surface area (Å²) in [6.07, 6.45) is 0.514. The fourth-order valence-corrected chi connectivity index (χ4v) is 3.51. The lowest BCUT2D eigenvalue weighted by molar-refractivity contribution is -0.114. The van der Waals surface area contributed by atoms with E-state index in [9.17, 15) is 14.7 Å². The average molecular weight is 385 g/mol. The maximum absolute atomic E-state index is 12.3. The summed E-state index contributed by atoms with van der Waals surface area (Å²) in [7, 11) is 0. The number of hydrogen-bond donors (Lipinski definition) is 3. The van der Waals surface area contributed by atoms with Gasteiger partial charge in [0.25, 0.3) is 5.91 Å². The first-order valence-electron chi connectivity index (χ1n) is 8.34. The lowest BCUT2D eigenvalue weighted by atomic mass is 10.1. The third kappa shape index (κ3) is 4.53. The minimum Gasteiger partial charge on any atom is -0.508 e. The first kappa shape index (κ1) is 18.7. The topological polar surface area (TPSA) is 104 Å². The standard InChI is InChI=1S/C19H19N3O4S/c1-11-17(27-19(21-11)22-12(2)23)15-7-8-16(26-15)18(25)20-10-9-13-5-3-4-6-14(13)24/h3-8,24H,9-10H2,1-2H3,(H,20,25)(H,21,22,23). The summed E-state index contributed by atoms with van der Waals surface area (Å²) in [6, 6.07) is 10.3. The van der Waals surface area contributed by atoms with Crippen LogP contribution in [0.25, 0.3) is 10.6 Å². The molecule has 3 aromatic rings. The molecule has 8 heteroatoms. The molecule has 27 heavy (non-hydrogen) atoms. The van der Waals surface area contributed by atoms with Crippen molar-refractivity contribution in [2.45, 2.75) is 20.3 Å². The fraction of sp³-hybridized carbons (Fsp3) is 0.211. The quantitative estimate of drug-likeness (QED) is 0.604. The number of carbonyl (C=O) groups is 2. The van der Waals surface area contributed by atoms with E-state index in [1.165, 1.54) is 18.3 Å². The number of rotatable bonds is 6. The van der Waals surface area contributed by atoms with Crippen LogP contribution in [-0.4, -0.2) is 28.4 Å². The van der Waals surface area contributed by atoms with Gasteiger partial charge in [0.1, 0.15) is 11.5 Å². The van der Waals surface area contributed by atoms with Gasteiger partial charge in [-0.15, -0.1) is 0 Å². The van der Waals surface area contributed by atoms with E-state index >= 15 is 0 Å². The highest BCUT2D eigenvalue weighted by Gasteiger charge is 2.17. The highest BCUT2D eigenvalue weighted by molar-refractivity contribution is 7.19. The lowest BCUT2D eigenvalue weighted by Crippen LogP contribution is -2.25. The first-order valence-corrected chi connectivity index (χ1v) is 9.16. The Hall–Kier alpha value is -3.13. The molecule has 3 N–H and O–H groups in total. The SMILES string of the molecule is CC(=O)Nc1nc(C)c(-c2ccc(C(=O)NCCc3ccccc3O)o2)s1. The summed E-state index contributed by atoms with van der Waals surface area (Å²) >= 11 is 1.29. The van der Waals surface area contributed by atoms with E-state index in [2.05, 4.69) is 15.6 Å². The first-order chi connectivity index (χ1) is 12.9. The zero-order valence-corrected chi connectivity index (χ0v) is 15.7. The molecule has 7 nitrogen and oxygen atoms in total. The van der Waals surface area contributed by atoms with E-state index < -0.39 is 0 Å². The van der Waals surface area contributed by atoms with Crippen LogP contribution in [0.2, 0.25) is 0 Å². The number of furan rings is 1. The Morgan fingerprint density at radius 2 is 2.00 bits per heavy atom. The van der Waals surface area contributed by atoms with Crippen LogP contribution in [-0.2, 0) is 11.2 Å². The maximum Gasteiger partial charge on any atom is 0.287 e. The van der Waals surface area contributed by atoms with Gasteiger partial charge in [-0.2, -0.15) is 0 Å². The van der Waals surface area contributed by atoms with Crippen molar-refractivity contribution in [3.05, 3.63) is 53.4 Å². The second kappa shape index (κ2) is 8.05. The van der Waals surface area contributed by atoms with E-state index in [4.69, 9.17) is 4.42 Å². The summed E-state index contributed by atoms with van der Waals surface area (Å²) in [4.78, 5) is 28.4. The number of hydrogen-bond acceptors (Lipinski definition) is 6. The van der Waals surface area contributed by atoms with Crippen molar-refractivity contribution >= 4 is 28.3 Å². The Balaban J connectivity index is 1.63. The Labute approximate surface area is 160 Å². The van der Waals surface area contributed by atoms with Gasteiger partial charge in [-0.25, -0.2) is 4.98 Å². The number of para-hydroxylation sites is 1. The summed E-state index contributed by atoms with van der Waals surface area (Å²) in [5.74, 6) is 0.395. The summed E-state index contributed by atoms with van der Waals surface area (Å²) in [6.45, 7) is 3.60. The highest BCUT2D eigenvalue weighted by Crippen LogP contribution is 2.33. The van der Waals surface area contributed by atoms with E-state index in [0.717, 1.165) is 10.4 Å². The molecule has 0 saturated carbocycles. The van der Waals surface area contributed by atoms with Gasteiger partial charge < -0.3 is 20.2 Å². The monoisotopic (exact) mass is 385 g/mol. The van der Waals surface area contributed by atoms with Gasteiger partial charge in [0, 0.05) is 13.5 Å². The third-order valence-electron chi connectivity index (χ3n) is 3.80. The van der Waals surface area contributed by atoms with Crippen molar-refractivity contribution in [1.29, 1.82) is 0 Å². The number of aromatic nitrogens is 1. The zero-order chi connectivity index (χ0) is 19.4. The number of phenols is 1. The van der Waals surface area contributed by atoms with E-state index in [0.29, 0.717) is 29.6 Å². The zero-order valence-electron chi connectivity index (χ0n) is 14.9. The molecule has 2 amide bonds. The highest BCUT2D eigenvalue weighted by atomic mass is 32.1. The second-order valence-electron chi connectivity index (χ2n) is 5.91. The molecule has 1 aromatic carbocycles. The van der Waals surface area contributed by atoms with Crippen LogP contribution < -0.4 is 10.6 Å². The predicted molar refractivity (Wildman–Crippen MR) is 103 cm³/mol. The van der Waals surface area contributed by atoms with Crippen LogP contribution in [0.1, 0.15) is 28.7 Å². The largest absolute Gasteiger partial charge is 0.508 e. The second-order valence-corrected chi connectivity index (χ2v) is 6.91. The van der Waals surface area contributed by atoms with Crippen LogP contribution in [0.4, 0.5) is 5.13 Å². The molecule has 0 aliphatic rings. The number of thiazole rings is 1. The fourth-order valence-electron chi connectivity index (χ4n) is 2.53. The number of benzene rings is 1. The van der Waals surface area contributed by atoms with Crippen molar-refractivity contribution in [3.63, 3.8) is 0 Å². The predicted octanol–water partition coefficient (Wildman–Crippen LogP) is 3.35. The van der Waals surface area contributed by atoms with Crippen molar-refractivity contribution in [2.75, 3.05) is 11.9 Å². The van der Waals surface area contributed by atoms with Gasteiger partial charge >= 0.3 is 0 Å². The Morgan fingerprint density at radius 3 is 2.74 bits per heavy atom. The molecule has 0 unspecified atom stereocenters. The van der Waals surface area contributed by atoms with Crippen molar-refractivity contribution in [2.24, 2.45) is 0 Å². The van der Waals surface area contributed by atoms with Crippen molar-refractivity contribution in [1.82, 2.24) is 10.3 Å². The molecule has 2 heterocycles. The van der Waals surface area contributed by atoms with E-state index in [1.54, 1.807) is 24.3 Å². The van der Waals surface area contributed by atoms with Crippen LogP contribution in [0, 0.1) is 6.92 Å². The Kier molecular flexibility index (Phi) is 5.56. The van der Waals surface area contributed by atoms with Gasteiger partial charge in [0.05, 0.1) is 10.6 Å². The molecule has 0 bridgehead atoms. The van der Waals surface area contributed by atoms with Gasteiger partial charge in [-0.05, 0) is 37.1 Å². The lowest BCUT2D eigenvalue weighted by Gasteiger charge is -2.05. The molecule has 0 radical (unpaired) electrons. The molecule has 140 valence electrons. The smallest absolute Gasteiger partial charge is 0.287 e. The van der Waals surface area contributed by atoms with Crippen LogP contribution in [0.5, 0.6) is 5.75 Å². The number of amides is 2. The molecular weight excluding hydrogens is 366 g/mol. The number of nitrogens with zero attached hydrogens (tertiary/aromatic N) is 1. The number of carbonyl (C=O) groups excluding carboxylic acids is 2. The summed E-state index contributed by atoms with van der Waals surface area (Å²) < 4.78 is 5.65. The average Bonchev–Trinajstić information content (AvgIpc) is 3.22. The van der Waals surface area contributed by atoms with Gasteiger partial charge in [-0.3, -0.25) is 9.59 Å². The van der Waals surface area contributed by atoms with Crippen LogP contribution in [0.3, 0.4) is 0 Å².